The van der Waals surface area contributed by atoms with Gasteiger partial charge in [-0.1, -0.05) is 35.3 Å². The van der Waals surface area contributed by atoms with Gasteiger partial charge in [0, 0.05) is 6.20 Å². The van der Waals surface area contributed by atoms with Crippen LogP contribution >= 0.6 is 23.2 Å². The molecular formula is C19H10Cl2N4O6. The Morgan fingerprint density at radius 2 is 1.68 bits per heavy atom. The first-order chi connectivity index (χ1) is 14.8. The van der Waals surface area contributed by atoms with E-state index in [0.29, 0.717) is 10.8 Å². The van der Waals surface area contributed by atoms with Gasteiger partial charge in [0.15, 0.2) is 5.75 Å². The van der Waals surface area contributed by atoms with E-state index in [1.165, 1.54) is 12.1 Å². The Kier molecular flexibility index (Phi) is 5.09. The van der Waals surface area contributed by atoms with E-state index in [2.05, 4.69) is 10.2 Å². The largest absolute Gasteiger partial charge is 0.477 e. The number of hydrogen-bond acceptors (Lipinski definition) is 6. The number of carboxylic acids is 1. The highest BCUT2D eigenvalue weighted by atomic mass is 35.5. The van der Waals surface area contributed by atoms with Gasteiger partial charge < -0.3 is 9.84 Å². The van der Waals surface area contributed by atoms with Crippen molar-refractivity contribution in [1.29, 1.82) is 0 Å². The van der Waals surface area contributed by atoms with Gasteiger partial charge in [-0.15, -0.1) is 5.10 Å². The van der Waals surface area contributed by atoms with E-state index >= 15 is 0 Å². The van der Waals surface area contributed by atoms with Gasteiger partial charge in [-0.05, 0) is 24.3 Å². The maximum absolute atomic E-state index is 12.1. The summed E-state index contributed by atoms with van der Waals surface area (Å²) in [5, 5.41) is 16.0. The molecule has 0 fully saturated rings. The van der Waals surface area contributed by atoms with Crippen molar-refractivity contribution in [2.75, 3.05) is 0 Å². The summed E-state index contributed by atoms with van der Waals surface area (Å²) in [5.41, 5.74) is -2.88. The molecule has 10 nitrogen and oxygen atoms in total. The van der Waals surface area contributed by atoms with Crippen LogP contribution in [-0.2, 0) is 0 Å². The molecule has 4 rings (SSSR count). The third kappa shape index (κ3) is 3.69. The van der Waals surface area contributed by atoms with Crippen LogP contribution in [0.15, 0.2) is 57.0 Å². The van der Waals surface area contributed by atoms with Crippen molar-refractivity contribution in [3.63, 3.8) is 0 Å². The number of H-pyrrole nitrogens is 2. The summed E-state index contributed by atoms with van der Waals surface area (Å²) >= 11 is 12.6. The zero-order valence-electron chi connectivity index (χ0n) is 15.2. The number of carboxylic acid groups (broad SMARTS) is 1. The van der Waals surface area contributed by atoms with Gasteiger partial charge in [-0.3, -0.25) is 19.1 Å². The molecule has 0 unspecified atom stereocenters. The van der Waals surface area contributed by atoms with Crippen molar-refractivity contribution >= 4 is 39.9 Å². The number of hydrogen-bond donors (Lipinski definition) is 3. The number of benzene rings is 2. The average Bonchev–Trinajstić information content (AvgIpc) is 2.72. The van der Waals surface area contributed by atoms with Crippen LogP contribution in [-0.4, -0.2) is 30.8 Å². The van der Waals surface area contributed by atoms with Crippen LogP contribution in [0, 0.1) is 0 Å². The fourth-order valence-corrected chi connectivity index (χ4v) is 3.42. The second-order valence-corrected chi connectivity index (χ2v) is 7.04. The lowest BCUT2D eigenvalue weighted by atomic mass is 10.2. The highest BCUT2D eigenvalue weighted by Gasteiger charge is 2.18. The van der Waals surface area contributed by atoms with E-state index in [1.54, 1.807) is 24.3 Å². The van der Waals surface area contributed by atoms with Gasteiger partial charge in [0.25, 0.3) is 11.1 Å². The predicted octanol–water partition coefficient (Wildman–Crippen LogP) is 2.56. The van der Waals surface area contributed by atoms with Crippen molar-refractivity contribution in [1.82, 2.24) is 19.7 Å². The zero-order valence-corrected chi connectivity index (χ0v) is 16.7. The number of aromatic nitrogens is 4. The van der Waals surface area contributed by atoms with Gasteiger partial charge in [0.2, 0.25) is 5.88 Å². The molecule has 12 heteroatoms. The number of rotatable bonds is 4. The normalized spacial score (nSPS) is 10.9. The summed E-state index contributed by atoms with van der Waals surface area (Å²) in [7, 11) is 0. The summed E-state index contributed by atoms with van der Waals surface area (Å²) in [4.78, 5) is 48.8. The topological polar surface area (TPSA) is 147 Å². The number of aromatic amines is 2. The Balaban J connectivity index is 1.82. The summed E-state index contributed by atoms with van der Waals surface area (Å²) in [5.74, 6) is -1.47. The molecule has 0 bridgehead atoms. The number of nitrogens with zero attached hydrogens (tertiary/aromatic N) is 2. The molecule has 3 N–H and O–H groups in total. The Hall–Kier alpha value is -3.89. The molecule has 156 valence electrons. The van der Waals surface area contributed by atoms with Crippen LogP contribution in [0.2, 0.25) is 10.0 Å². The lowest BCUT2D eigenvalue weighted by Crippen LogP contribution is -2.32. The zero-order chi connectivity index (χ0) is 22.3. The van der Waals surface area contributed by atoms with Crippen molar-refractivity contribution in [2.45, 2.75) is 0 Å². The quantitative estimate of drug-likeness (QED) is 0.423. The van der Waals surface area contributed by atoms with Crippen LogP contribution in [0.25, 0.3) is 16.5 Å². The lowest BCUT2D eigenvalue weighted by Gasteiger charge is -2.13. The van der Waals surface area contributed by atoms with Gasteiger partial charge in [-0.25, -0.2) is 14.7 Å². The van der Waals surface area contributed by atoms with E-state index < -0.39 is 28.3 Å². The van der Waals surface area contributed by atoms with E-state index in [-0.39, 0.29) is 27.4 Å². The van der Waals surface area contributed by atoms with E-state index in [4.69, 9.17) is 33.0 Å². The molecule has 2 aromatic carbocycles. The highest BCUT2D eigenvalue weighted by Crippen LogP contribution is 2.38. The Bertz CT molecular complexity index is 1520. The Morgan fingerprint density at radius 1 is 1.03 bits per heavy atom. The van der Waals surface area contributed by atoms with Crippen molar-refractivity contribution in [3.8, 4) is 17.3 Å². The summed E-state index contributed by atoms with van der Waals surface area (Å²) in [6, 6.07) is 9.20. The van der Waals surface area contributed by atoms with E-state index in [9.17, 15) is 19.2 Å². The minimum Gasteiger partial charge on any atom is -0.477 e. The summed E-state index contributed by atoms with van der Waals surface area (Å²) in [6.07, 6.45) is 0.864. The molecule has 0 aliphatic heterocycles. The minimum atomic E-state index is -1.51. The molecule has 0 spiro atoms. The fraction of sp³-hybridized carbons (Fsp3) is 0. The summed E-state index contributed by atoms with van der Waals surface area (Å²) < 4.78 is 6.60. The van der Waals surface area contributed by atoms with Crippen LogP contribution in [0.5, 0.6) is 11.6 Å². The molecule has 0 radical (unpaired) electrons. The number of fused-ring (bicyclic) bond motifs is 1. The molecule has 4 aromatic rings. The average molecular weight is 461 g/mol. The SMILES string of the molecule is O=C(O)c1cn(-c2cc(Cl)c(Oc3n[nH]c(=O)c4ccccc34)c(Cl)c2)c(=O)[nH]c1=O. The minimum absolute atomic E-state index is 0.00674. The summed E-state index contributed by atoms with van der Waals surface area (Å²) in [6.45, 7) is 0. The number of ether oxygens (including phenoxy) is 1. The van der Waals surface area contributed by atoms with Crippen LogP contribution in [0.4, 0.5) is 0 Å². The number of nitrogens with one attached hydrogen (secondary N) is 2. The van der Waals surface area contributed by atoms with E-state index in [0.717, 1.165) is 10.8 Å². The third-order valence-corrected chi connectivity index (χ3v) is 4.86. The molecule has 2 heterocycles. The van der Waals surface area contributed by atoms with Gasteiger partial charge in [-0.2, -0.15) is 0 Å². The molecule has 0 amide bonds. The number of halogens is 2. The van der Waals surface area contributed by atoms with Gasteiger partial charge in [0.1, 0.15) is 5.56 Å². The molecule has 2 aromatic heterocycles. The lowest BCUT2D eigenvalue weighted by molar-refractivity contribution is 0.0694. The highest BCUT2D eigenvalue weighted by molar-refractivity contribution is 6.37. The molecule has 0 aliphatic rings. The first kappa shape index (κ1) is 20.4. The van der Waals surface area contributed by atoms with Crippen molar-refractivity contribution < 1.29 is 14.6 Å². The third-order valence-electron chi connectivity index (χ3n) is 4.29. The van der Waals surface area contributed by atoms with Gasteiger partial charge >= 0.3 is 11.7 Å². The molecule has 0 saturated heterocycles. The first-order valence-corrected chi connectivity index (χ1v) is 9.26. The van der Waals surface area contributed by atoms with Crippen LogP contribution in [0.3, 0.4) is 0 Å². The molecular weight excluding hydrogens is 451 g/mol. The maximum atomic E-state index is 12.1. The van der Waals surface area contributed by atoms with Crippen LogP contribution in [0.1, 0.15) is 10.4 Å². The maximum Gasteiger partial charge on any atom is 0.342 e. The van der Waals surface area contributed by atoms with E-state index in [1.807, 2.05) is 4.98 Å². The molecule has 31 heavy (non-hydrogen) atoms. The molecule has 0 atom stereocenters. The van der Waals surface area contributed by atoms with Crippen LogP contribution < -0.4 is 21.5 Å². The second-order valence-electron chi connectivity index (χ2n) is 6.22. The van der Waals surface area contributed by atoms with Crippen molar-refractivity contribution in [3.05, 3.63) is 89.4 Å². The number of carbonyl (C=O) groups is 1. The molecule has 0 aliphatic carbocycles. The monoisotopic (exact) mass is 460 g/mol. The number of aromatic carboxylic acids is 1. The standard InChI is InChI=1S/C19H10Cl2N4O6/c20-12-5-8(25-7-11(18(28)29)15(26)22-19(25)30)6-13(21)14(12)31-17-10-4-2-1-3-9(10)16(27)23-24-17/h1-7H,(H,23,27)(H,28,29)(H,22,26,30). The molecule has 0 saturated carbocycles. The van der Waals surface area contributed by atoms with Gasteiger partial charge in [0.05, 0.1) is 26.5 Å². The first-order valence-electron chi connectivity index (χ1n) is 8.50. The Labute approximate surface area is 181 Å². The van der Waals surface area contributed by atoms with Crippen molar-refractivity contribution in [2.24, 2.45) is 0 Å². The predicted molar refractivity (Wildman–Crippen MR) is 112 cm³/mol. The second kappa shape index (κ2) is 7.74. The smallest absolute Gasteiger partial charge is 0.342 e. The fourth-order valence-electron chi connectivity index (χ4n) is 2.86. The Morgan fingerprint density at radius 3 is 2.32 bits per heavy atom.